The molecule has 0 fully saturated rings. The highest BCUT2D eigenvalue weighted by atomic mass is 16.5. The first kappa shape index (κ1) is 10.7. The van der Waals surface area contributed by atoms with Crippen molar-refractivity contribution in [2.24, 2.45) is 0 Å². The highest BCUT2D eigenvalue weighted by Crippen LogP contribution is 2.05. The van der Waals surface area contributed by atoms with Crippen LogP contribution in [0.4, 0.5) is 0 Å². The van der Waals surface area contributed by atoms with E-state index in [1.807, 2.05) is 31.2 Å². The van der Waals surface area contributed by atoms with Crippen LogP contribution in [0.25, 0.3) is 0 Å². The number of benzene rings is 1. The van der Waals surface area contributed by atoms with E-state index in [-0.39, 0.29) is 12.0 Å². The lowest BCUT2D eigenvalue weighted by Gasteiger charge is -2.06. The van der Waals surface area contributed by atoms with E-state index in [1.165, 1.54) is 12.7 Å². The number of methoxy groups -OCH3 is 1. The number of quaternary nitrogens is 1. The van der Waals surface area contributed by atoms with Crippen LogP contribution < -0.4 is 5.73 Å². The number of aryl methyl sites for hydroxylation is 1. The van der Waals surface area contributed by atoms with Crippen molar-refractivity contribution in [2.45, 2.75) is 19.4 Å². The summed E-state index contributed by atoms with van der Waals surface area (Å²) in [5, 5.41) is 0. The minimum atomic E-state index is -0.317. The van der Waals surface area contributed by atoms with Gasteiger partial charge in [0.05, 0.1) is 7.11 Å². The number of hydrogen-bond acceptors (Lipinski definition) is 2. The largest absolute Gasteiger partial charge is 0.465 e. The van der Waals surface area contributed by atoms with Crippen molar-refractivity contribution in [3.8, 4) is 0 Å². The van der Waals surface area contributed by atoms with E-state index in [4.69, 9.17) is 0 Å². The zero-order chi connectivity index (χ0) is 10.6. The van der Waals surface area contributed by atoms with Crippen LogP contribution in [0.5, 0.6) is 0 Å². The van der Waals surface area contributed by atoms with E-state index in [2.05, 4.69) is 10.5 Å². The highest BCUT2D eigenvalue weighted by Gasteiger charge is 2.17. The summed E-state index contributed by atoms with van der Waals surface area (Å²) in [6.07, 6.45) is 0.632. The maximum absolute atomic E-state index is 11.1. The molecule has 0 saturated heterocycles. The topological polar surface area (TPSA) is 53.9 Å². The molecule has 0 aromatic heterocycles. The van der Waals surface area contributed by atoms with E-state index in [0.29, 0.717) is 6.42 Å². The van der Waals surface area contributed by atoms with Gasteiger partial charge in [-0.2, -0.15) is 0 Å². The van der Waals surface area contributed by atoms with Crippen molar-refractivity contribution in [2.75, 3.05) is 7.11 Å². The van der Waals surface area contributed by atoms with Crippen LogP contribution in [0, 0.1) is 6.92 Å². The lowest BCUT2D eigenvalue weighted by atomic mass is 10.1. The van der Waals surface area contributed by atoms with E-state index in [9.17, 15) is 4.79 Å². The van der Waals surface area contributed by atoms with E-state index >= 15 is 0 Å². The molecule has 0 aliphatic carbocycles. The first-order valence-corrected chi connectivity index (χ1v) is 4.60. The number of ether oxygens (including phenoxy) is 1. The summed E-state index contributed by atoms with van der Waals surface area (Å²) in [4.78, 5) is 11.1. The minimum absolute atomic E-state index is 0.259. The Balaban J connectivity index is 2.60. The lowest BCUT2D eigenvalue weighted by Crippen LogP contribution is -2.66. The van der Waals surface area contributed by atoms with Gasteiger partial charge in [-0.05, 0) is 12.5 Å². The summed E-state index contributed by atoms with van der Waals surface area (Å²) >= 11 is 0. The fourth-order valence-electron chi connectivity index (χ4n) is 1.26. The number of carbonyl (C=O) groups excluding carboxylic acids is 1. The Bertz CT molecular complexity index is 306. The third-order valence-corrected chi connectivity index (χ3v) is 2.14. The Kier molecular flexibility index (Phi) is 3.65. The Morgan fingerprint density at radius 2 is 2.00 bits per heavy atom. The number of rotatable bonds is 3. The van der Waals surface area contributed by atoms with Gasteiger partial charge in [-0.3, -0.25) is 0 Å². The number of carbonyl (C=O) groups is 1. The first-order chi connectivity index (χ1) is 6.63. The van der Waals surface area contributed by atoms with Crippen LogP contribution in [-0.4, -0.2) is 19.1 Å². The maximum atomic E-state index is 11.1. The maximum Gasteiger partial charge on any atom is 0.364 e. The summed E-state index contributed by atoms with van der Waals surface area (Å²) in [6.45, 7) is 2.03. The Labute approximate surface area is 83.9 Å². The van der Waals surface area contributed by atoms with Gasteiger partial charge in [0.1, 0.15) is 0 Å². The molecule has 1 rings (SSSR count). The van der Waals surface area contributed by atoms with Gasteiger partial charge in [0, 0.05) is 6.42 Å². The second-order valence-electron chi connectivity index (χ2n) is 3.41. The fourth-order valence-corrected chi connectivity index (χ4v) is 1.26. The van der Waals surface area contributed by atoms with Gasteiger partial charge in [0.25, 0.3) is 0 Å². The van der Waals surface area contributed by atoms with Gasteiger partial charge < -0.3 is 10.5 Å². The molecule has 0 radical (unpaired) electrons. The molecule has 0 amide bonds. The standard InChI is InChI=1S/C11H15NO2/c1-8-3-5-9(6-4-8)7-10(12)11(13)14-2/h3-6,10H,7,12H2,1-2H3/p+1. The van der Waals surface area contributed by atoms with E-state index in [1.54, 1.807) is 0 Å². The molecule has 0 heterocycles. The van der Waals surface area contributed by atoms with Crippen LogP contribution in [0.2, 0.25) is 0 Å². The molecule has 0 saturated carbocycles. The molecule has 1 unspecified atom stereocenters. The molecule has 1 aromatic rings. The lowest BCUT2D eigenvalue weighted by molar-refractivity contribution is -0.407. The van der Waals surface area contributed by atoms with Crippen molar-refractivity contribution in [1.82, 2.24) is 0 Å². The monoisotopic (exact) mass is 194 g/mol. The van der Waals surface area contributed by atoms with Crippen LogP contribution in [-0.2, 0) is 16.0 Å². The third kappa shape index (κ3) is 2.85. The van der Waals surface area contributed by atoms with Crippen molar-refractivity contribution >= 4 is 5.97 Å². The average molecular weight is 194 g/mol. The fraction of sp³-hybridized carbons (Fsp3) is 0.364. The Morgan fingerprint density at radius 1 is 1.43 bits per heavy atom. The minimum Gasteiger partial charge on any atom is -0.465 e. The van der Waals surface area contributed by atoms with Crippen molar-refractivity contribution < 1.29 is 15.3 Å². The summed E-state index contributed by atoms with van der Waals surface area (Å²) < 4.78 is 4.61. The van der Waals surface area contributed by atoms with Crippen molar-refractivity contribution in [3.63, 3.8) is 0 Å². The molecule has 0 spiro atoms. The first-order valence-electron chi connectivity index (χ1n) is 4.60. The zero-order valence-electron chi connectivity index (χ0n) is 8.62. The molecule has 14 heavy (non-hydrogen) atoms. The summed E-state index contributed by atoms with van der Waals surface area (Å²) in [5.41, 5.74) is 6.08. The smallest absolute Gasteiger partial charge is 0.364 e. The second-order valence-corrected chi connectivity index (χ2v) is 3.41. The van der Waals surface area contributed by atoms with Crippen molar-refractivity contribution in [1.29, 1.82) is 0 Å². The molecular formula is C11H16NO2+. The SMILES string of the molecule is COC(=O)C([NH3+])Cc1ccc(C)cc1. The third-order valence-electron chi connectivity index (χ3n) is 2.14. The predicted octanol–water partition coefficient (Wildman–Crippen LogP) is 0.321. The molecule has 1 atom stereocenters. The molecule has 3 nitrogen and oxygen atoms in total. The van der Waals surface area contributed by atoms with Gasteiger partial charge in [0.15, 0.2) is 6.04 Å². The van der Waals surface area contributed by atoms with Gasteiger partial charge in [-0.1, -0.05) is 29.8 Å². The quantitative estimate of drug-likeness (QED) is 0.704. The molecule has 1 aromatic carbocycles. The molecular weight excluding hydrogens is 178 g/mol. The van der Waals surface area contributed by atoms with Gasteiger partial charge in [0.2, 0.25) is 0 Å². The van der Waals surface area contributed by atoms with Gasteiger partial charge in [-0.25, -0.2) is 4.79 Å². The molecule has 3 N–H and O–H groups in total. The Morgan fingerprint density at radius 3 is 2.50 bits per heavy atom. The molecule has 0 aliphatic rings. The Hall–Kier alpha value is -1.35. The average Bonchev–Trinajstić information content (AvgIpc) is 2.20. The summed E-state index contributed by atoms with van der Waals surface area (Å²) in [5.74, 6) is -0.259. The van der Waals surface area contributed by atoms with Crippen LogP contribution >= 0.6 is 0 Å². The molecule has 0 bridgehead atoms. The highest BCUT2D eigenvalue weighted by molar-refractivity contribution is 5.74. The number of esters is 1. The molecule has 0 aliphatic heterocycles. The van der Waals surface area contributed by atoms with Crippen molar-refractivity contribution in [3.05, 3.63) is 35.4 Å². The van der Waals surface area contributed by atoms with E-state index in [0.717, 1.165) is 5.56 Å². The molecule has 3 heteroatoms. The van der Waals surface area contributed by atoms with Crippen LogP contribution in [0.3, 0.4) is 0 Å². The predicted molar refractivity (Wildman–Crippen MR) is 53.6 cm³/mol. The van der Waals surface area contributed by atoms with Gasteiger partial charge >= 0.3 is 5.97 Å². The van der Waals surface area contributed by atoms with Crippen LogP contribution in [0.1, 0.15) is 11.1 Å². The molecule has 76 valence electrons. The second kappa shape index (κ2) is 4.77. The number of hydrogen-bond donors (Lipinski definition) is 1. The summed E-state index contributed by atoms with van der Waals surface area (Å²) in [6, 6.07) is 7.76. The van der Waals surface area contributed by atoms with Gasteiger partial charge in [-0.15, -0.1) is 0 Å². The normalized spacial score (nSPS) is 12.2. The summed E-state index contributed by atoms with van der Waals surface area (Å²) in [7, 11) is 1.38. The van der Waals surface area contributed by atoms with E-state index < -0.39 is 0 Å². The zero-order valence-corrected chi connectivity index (χ0v) is 8.62. The van der Waals surface area contributed by atoms with Crippen LogP contribution in [0.15, 0.2) is 24.3 Å².